The van der Waals surface area contributed by atoms with Gasteiger partial charge >= 0.3 is 0 Å². The summed E-state index contributed by atoms with van der Waals surface area (Å²) >= 11 is 0. The van der Waals surface area contributed by atoms with Crippen LogP contribution in [0.1, 0.15) is 52.9 Å². The normalized spacial score (nSPS) is 32.6. The summed E-state index contributed by atoms with van der Waals surface area (Å²) in [5.41, 5.74) is 0.372. The van der Waals surface area contributed by atoms with Gasteiger partial charge in [-0.3, -0.25) is 4.90 Å². The second-order valence-electron chi connectivity index (χ2n) is 6.30. The number of rotatable bonds is 4. The molecule has 1 N–H and O–H groups in total. The second-order valence-corrected chi connectivity index (χ2v) is 6.30. The monoisotopic (exact) mass is 250 g/mol. The molecule has 2 unspecified atom stereocenters. The molecule has 0 bridgehead atoms. The lowest BCUT2D eigenvalue weighted by Crippen LogP contribution is -2.63. The zero-order valence-electron chi connectivity index (χ0n) is 12.4. The molecular formula is C16H30N2. The van der Waals surface area contributed by atoms with E-state index < -0.39 is 0 Å². The Balaban J connectivity index is 1.94. The first-order chi connectivity index (χ1) is 8.69. The third-order valence-electron chi connectivity index (χ3n) is 5.13. The van der Waals surface area contributed by atoms with Crippen LogP contribution in [0, 0.1) is 5.92 Å². The van der Waals surface area contributed by atoms with E-state index in [0.29, 0.717) is 11.6 Å². The standard InChI is InChI=1S/C16H30N2/c1-4-16(5-2)13-18(14(3)11-17-16)12-15-9-7-6-8-10-15/h6-7,14-15,17H,4-5,8-13H2,1-3H3. The third-order valence-corrected chi connectivity index (χ3v) is 5.13. The Hall–Kier alpha value is -0.340. The maximum absolute atomic E-state index is 3.79. The molecule has 0 aromatic heterocycles. The van der Waals surface area contributed by atoms with Gasteiger partial charge < -0.3 is 5.32 Å². The summed E-state index contributed by atoms with van der Waals surface area (Å²) in [5, 5.41) is 3.79. The van der Waals surface area contributed by atoms with Gasteiger partial charge in [0.15, 0.2) is 0 Å². The van der Waals surface area contributed by atoms with Crippen LogP contribution in [0.25, 0.3) is 0 Å². The molecule has 2 nitrogen and oxygen atoms in total. The first-order valence-electron chi connectivity index (χ1n) is 7.83. The lowest BCUT2D eigenvalue weighted by Gasteiger charge is -2.47. The van der Waals surface area contributed by atoms with E-state index in [2.05, 4.69) is 43.1 Å². The van der Waals surface area contributed by atoms with Crippen molar-refractivity contribution in [3.8, 4) is 0 Å². The predicted molar refractivity (Wildman–Crippen MR) is 78.8 cm³/mol. The highest BCUT2D eigenvalue weighted by molar-refractivity contribution is 4.97. The van der Waals surface area contributed by atoms with Crippen LogP contribution in [0.5, 0.6) is 0 Å². The summed E-state index contributed by atoms with van der Waals surface area (Å²) in [7, 11) is 0. The van der Waals surface area contributed by atoms with Gasteiger partial charge in [-0.25, -0.2) is 0 Å². The van der Waals surface area contributed by atoms with Crippen molar-refractivity contribution in [1.29, 1.82) is 0 Å². The minimum Gasteiger partial charge on any atom is -0.308 e. The fraction of sp³-hybridized carbons (Fsp3) is 0.875. The van der Waals surface area contributed by atoms with Gasteiger partial charge in [0, 0.05) is 31.2 Å². The topological polar surface area (TPSA) is 15.3 Å². The number of nitrogens with one attached hydrogen (secondary N) is 1. The largest absolute Gasteiger partial charge is 0.308 e. The molecule has 1 saturated heterocycles. The van der Waals surface area contributed by atoms with Crippen molar-refractivity contribution in [3.05, 3.63) is 12.2 Å². The lowest BCUT2D eigenvalue weighted by molar-refractivity contribution is 0.0655. The van der Waals surface area contributed by atoms with Gasteiger partial charge in [-0.15, -0.1) is 0 Å². The maximum atomic E-state index is 3.79. The zero-order chi connectivity index (χ0) is 13.0. The number of hydrogen-bond acceptors (Lipinski definition) is 2. The summed E-state index contributed by atoms with van der Waals surface area (Å²) in [4.78, 5) is 2.74. The number of nitrogens with zero attached hydrogens (tertiary/aromatic N) is 1. The van der Waals surface area contributed by atoms with E-state index in [1.165, 1.54) is 45.2 Å². The van der Waals surface area contributed by atoms with Crippen molar-refractivity contribution < 1.29 is 0 Å². The molecular weight excluding hydrogens is 220 g/mol. The molecule has 0 amide bonds. The molecule has 1 aliphatic carbocycles. The van der Waals surface area contributed by atoms with E-state index in [-0.39, 0.29) is 0 Å². The van der Waals surface area contributed by atoms with E-state index in [9.17, 15) is 0 Å². The molecule has 0 radical (unpaired) electrons. The Labute approximate surface area is 113 Å². The van der Waals surface area contributed by atoms with Crippen LogP contribution >= 0.6 is 0 Å². The van der Waals surface area contributed by atoms with Crippen LogP contribution in [-0.2, 0) is 0 Å². The molecule has 2 aliphatic rings. The fourth-order valence-electron chi connectivity index (χ4n) is 3.42. The highest BCUT2D eigenvalue weighted by atomic mass is 15.2. The number of allylic oxidation sites excluding steroid dienone is 2. The average Bonchev–Trinajstić information content (AvgIpc) is 2.43. The van der Waals surface area contributed by atoms with E-state index in [4.69, 9.17) is 0 Å². The van der Waals surface area contributed by atoms with E-state index >= 15 is 0 Å². The molecule has 1 fully saturated rings. The first-order valence-corrected chi connectivity index (χ1v) is 7.83. The summed E-state index contributed by atoms with van der Waals surface area (Å²) < 4.78 is 0. The van der Waals surface area contributed by atoms with Crippen LogP contribution in [0.2, 0.25) is 0 Å². The molecule has 2 rings (SSSR count). The Morgan fingerprint density at radius 1 is 1.28 bits per heavy atom. The minimum atomic E-state index is 0.372. The molecule has 0 aromatic rings. The van der Waals surface area contributed by atoms with Crippen LogP contribution < -0.4 is 5.32 Å². The highest BCUT2D eigenvalue weighted by Crippen LogP contribution is 2.26. The van der Waals surface area contributed by atoms with Crippen LogP contribution in [0.15, 0.2) is 12.2 Å². The Morgan fingerprint density at radius 3 is 2.67 bits per heavy atom. The van der Waals surface area contributed by atoms with Gasteiger partial charge in [0.25, 0.3) is 0 Å². The molecule has 1 heterocycles. The van der Waals surface area contributed by atoms with E-state index in [0.717, 1.165) is 12.5 Å². The van der Waals surface area contributed by atoms with Crippen molar-refractivity contribution in [1.82, 2.24) is 10.2 Å². The third kappa shape index (κ3) is 3.16. The average molecular weight is 250 g/mol. The Bertz CT molecular complexity index is 281. The highest BCUT2D eigenvalue weighted by Gasteiger charge is 2.35. The molecule has 1 aliphatic heterocycles. The Kier molecular flexibility index (Phi) is 4.85. The molecule has 104 valence electrons. The quantitative estimate of drug-likeness (QED) is 0.771. The minimum absolute atomic E-state index is 0.372. The molecule has 0 saturated carbocycles. The smallest absolute Gasteiger partial charge is 0.0304 e. The van der Waals surface area contributed by atoms with Gasteiger partial charge in [0.05, 0.1) is 0 Å². The molecule has 0 spiro atoms. The van der Waals surface area contributed by atoms with Crippen molar-refractivity contribution >= 4 is 0 Å². The van der Waals surface area contributed by atoms with Gasteiger partial charge in [-0.05, 0) is 44.9 Å². The summed E-state index contributed by atoms with van der Waals surface area (Å²) in [6, 6.07) is 0.696. The number of hydrogen-bond donors (Lipinski definition) is 1. The number of piperazine rings is 1. The molecule has 2 heteroatoms. The van der Waals surface area contributed by atoms with Crippen LogP contribution in [0.3, 0.4) is 0 Å². The van der Waals surface area contributed by atoms with E-state index in [1.807, 2.05) is 0 Å². The Morgan fingerprint density at radius 2 is 2.06 bits per heavy atom. The second kappa shape index (κ2) is 6.21. The molecule has 2 atom stereocenters. The summed E-state index contributed by atoms with van der Waals surface area (Å²) in [6.07, 6.45) is 11.2. The molecule has 18 heavy (non-hydrogen) atoms. The van der Waals surface area contributed by atoms with Crippen molar-refractivity contribution in [2.75, 3.05) is 19.6 Å². The van der Waals surface area contributed by atoms with Gasteiger partial charge in [0.1, 0.15) is 0 Å². The van der Waals surface area contributed by atoms with Gasteiger partial charge in [0.2, 0.25) is 0 Å². The van der Waals surface area contributed by atoms with E-state index in [1.54, 1.807) is 0 Å². The SMILES string of the molecule is CCC1(CC)CN(CC2CC=CCC2)C(C)CN1. The predicted octanol–water partition coefficient (Wildman–Crippen LogP) is 3.20. The van der Waals surface area contributed by atoms with Crippen molar-refractivity contribution in [2.24, 2.45) is 5.92 Å². The first kappa shape index (κ1) is 14.1. The van der Waals surface area contributed by atoms with Crippen molar-refractivity contribution in [2.45, 2.75) is 64.5 Å². The molecule has 0 aromatic carbocycles. The van der Waals surface area contributed by atoms with Crippen LogP contribution in [-0.4, -0.2) is 36.1 Å². The van der Waals surface area contributed by atoms with Gasteiger partial charge in [-0.2, -0.15) is 0 Å². The summed E-state index contributed by atoms with van der Waals surface area (Å²) in [5.74, 6) is 0.891. The van der Waals surface area contributed by atoms with Crippen LogP contribution in [0.4, 0.5) is 0 Å². The summed E-state index contributed by atoms with van der Waals surface area (Å²) in [6.45, 7) is 10.7. The maximum Gasteiger partial charge on any atom is 0.0304 e. The fourth-order valence-corrected chi connectivity index (χ4v) is 3.42. The lowest BCUT2D eigenvalue weighted by atomic mass is 9.87. The zero-order valence-corrected chi connectivity index (χ0v) is 12.4. The van der Waals surface area contributed by atoms with Crippen molar-refractivity contribution in [3.63, 3.8) is 0 Å². The van der Waals surface area contributed by atoms with Gasteiger partial charge in [-0.1, -0.05) is 26.0 Å².